The maximum atomic E-state index is 12.3. The number of pyridine rings is 1. The van der Waals surface area contributed by atoms with Crippen molar-refractivity contribution < 1.29 is 13.1 Å². The fourth-order valence-electron chi connectivity index (χ4n) is 2.37. The minimum Gasteiger partial charge on any atom is -0.427 e. The number of benzene rings is 1. The second-order valence-corrected chi connectivity index (χ2v) is 6.85. The number of rotatable bonds is 3. The number of nitrogens with zero attached hydrogens (tertiary/aromatic N) is 1. The van der Waals surface area contributed by atoms with Gasteiger partial charge < -0.3 is 4.65 Å². The van der Waals surface area contributed by atoms with Gasteiger partial charge in [-0.15, -0.1) is 0 Å². The molecule has 2 heterocycles. The maximum Gasteiger partial charge on any atom is 0.324 e. The number of fused-ring (bicyclic) bond motifs is 1. The van der Waals surface area contributed by atoms with E-state index in [1.165, 1.54) is 12.3 Å². The van der Waals surface area contributed by atoms with Gasteiger partial charge in [0.05, 0.1) is 12.4 Å². The van der Waals surface area contributed by atoms with Crippen molar-refractivity contribution in [2.75, 3.05) is 0 Å². The van der Waals surface area contributed by atoms with E-state index in [-0.39, 0.29) is 17.7 Å². The minimum absolute atomic E-state index is 0.0301. The van der Waals surface area contributed by atoms with Gasteiger partial charge in [0.25, 0.3) is 0 Å². The molecule has 1 aromatic carbocycles. The van der Waals surface area contributed by atoms with E-state index in [1.807, 2.05) is 25.0 Å². The van der Waals surface area contributed by atoms with Crippen LogP contribution in [0.3, 0.4) is 0 Å². The lowest BCUT2D eigenvalue weighted by molar-refractivity contribution is 0.333. The summed E-state index contributed by atoms with van der Waals surface area (Å²) in [5, 5.41) is 0.116. The van der Waals surface area contributed by atoms with Crippen LogP contribution in [0, 0.1) is 0 Å². The molecule has 20 heavy (non-hydrogen) atoms. The van der Waals surface area contributed by atoms with Gasteiger partial charge >= 0.3 is 6.92 Å². The summed E-state index contributed by atoms with van der Waals surface area (Å²) >= 11 is 0. The van der Waals surface area contributed by atoms with E-state index < -0.39 is 9.84 Å². The van der Waals surface area contributed by atoms with Crippen molar-refractivity contribution in [2.24, 2.45) is 0 Å². The van der Waals surface area contributed by atoms with Crippen LogP contribution in [0.1, 0.15) is 11.1 Å². The van der Waals surface area contributed by atoms with Crippen molar-refractivity contribution in [3.8, 4) is 0 Å². The van der Waals surface area contributed by atoms with Crippen LogP contribution in [0.2, 0.25) is 6.82 Å². The van der Waals surface area contributed by atoms with E-state index in [0.717, 1.165) is 16.6 Å². The van der Waals surface area contributed by atoms with Crippen LogP contribution in [-0.2, 0) is 26.9 Å². The largest absolute Gasteiger partial charge is 0.427 e. The van der Waals surface area contributed by atoms with Gasteiger partial charge in [-0.05, 0) is 28.7 Å². The molecule has 1 aliphatic heterocycles. The molecule has 0 radical (unpaired) electrons. The maximum absolute atomic E-state index is 12.3. The molecule has 2 aromatic rings. The molecule has 6 heteroatoms. The molecule has 1 aromatic heterocycles. The van der Waals surface area contributed by atoms with Crippen LogP contribution in [0.15, 0.2) is 47.6 Å². The Hall–Kier alpha value is -1.66. The van der Waals surface area contributed by atoms with Gasteiger partial charge in [0.15, 0.2) is 14.9 Å². The molecule has 3 rings (SSSR count). The zero-order valence-electron chi connectivity index (χ0n) is 11.1. The van der Waals surface area contributed by atoms with Crippen LogP contribution in [0.5, 0.6) is 0 Å². The first-order chi connectivity index (χ1) is 9.56. The molecule has 102 valence electrons. The highest BCUT2D eigenvalue weighted by molar-refractivity contribution is 7.90. The summed E-state index contributed by atoms with van der Waals surface area (Å²) in [4.78, 5) is 3.92. The quantitative estimate of drug-likeness (QED) is 0.801. The Labute approximate surface area is 118 Å². The van der Waals surface area contributed by atoms with Gasteiger partial charge in [0.2, 0.25) is 0 Å². The topological polar surface area (TPSA) is 56.3 Å². The molecule has 0 bridgehead atoms. The Bertz CT molecular complexity index is 731. The summed E-state index contributed by atoms with van der Waals surface area (Å²) in [5.41, 5.74) is 2.99. The second-order valence-electron chi connectivity index (χ2n) is 4.91. The van der Waals surface area contributed by atoms with Crippen LogP contribution >= 0.6 is 0 Å². The average Bonchev–Trinajstić information content (AvgIpc) is 2.81. The molecular formula is C14H14BNO3S. The fraction of sp³-hybridized carbons (Fsp3) is 0.214. The lowest BCUT2D eigenvalue weighted by atomic mass is 9.64. The van der Waals surface area contributed by atoms with E-state index in [1.54, 1.807) is 12.1 Å². The minimum atomic E-state index is -3.40. The van der Waals surface area contributed by atoms with Gasteiger partial charge in [-0.25, -0.2) is 13.4 Å². The van der Waals surface area contributed by atoms with E-state index in [2.05, 4.69) is 4.98 Å². The number of hydrogen-bond acceptors (Lipinski definition) is 4. The van der Waals surface area contributed by atoms with Crippen molar-refractivity contribution >= 4 is 22.2 Å². The molecule has 0 saturated heterocycles. The highest BCUT2D eigenvalue weighted by atomic mass is 32.2. The molecule has 0 atom stereocenters. The monoisotopic (exact) mass is 287 g/mol. The highest BCUT2D eigenvalue weighted by Gasteiger charge is 2.24. The molecule has 0 N–H and O–H groups in total. The molecule has 0 aliphatic carbocycles. The average molecular weight is 287 g/mol. The summed E-state index contributed by atoms with van der Waals surface area (Å²) in [6, 6.07) is 10.6. The number of hydrogen-bond donors (Lipinski definition) is 0. The molecule has 0 fully saturated rings. The van der Waals surface area contributed by atoms with Gasteiger partial charge in [-0.3, -0.25) is 0 Å². The third-order valence-electron chi connectivity index (χ3n) is 3.45. The summed E-state index contributed by atoms with van der Waals surface area (Å²) in [6.07, 6.45) is 1.49. The Morgan fingerprint density at radius 3 is 2.90 bits per heavy atom. The van der Waals surface area contributed by atoms with Crippen molar-refractivity contribution in [3.05, 3.63) is 53.7 Å². The van der Waals surface area contributed by atoms with Crippen molar-refractivity contribution in [1.29, 1.82) is 0 Å². The summed E-state index contributed by atoms with van der Waals surface area (Å²) < 4.78 is 30.1. The standard InChI is InChI=1S/C14H14BNO3S/c1-15-13-8-11(5-6-12(13)9-19-15)10-20(17,18)14-4-2-3-7-16-14/h2-8H,9-10H2,1H3. The predicted molar refractivity (Wildman–Crippen MR) is 77.6 cm³/mol. The molecule has 1 aliphatic rings. The zero-order chi connectivity index (χ0) is 14.2. The molecular weight excluding hydrogens is 273 g/mol. The lowest BCUT2D eigenvalue weighted by Crippen LogP contribution is -2.25. The third kappa shape index (κ3) is 2.49. The number of sulfone groups is 1. The summed E-state index contributed by atoms with van der Waals surface area (Å²) in [6.45, 7) is 2.61. The van der Waals surface area contributed by atoms with Crippen molar-refractivity contribution in [1.82, 2.24) is 4.98 Å². The van der Waals surface area contributed by atoms with Gasteiger partial charge in [-0.1, -0.05) is 31.1 Å². The summed E-state index contributed by atoms with van der Waals surface area (Å²) in [7, 11) is -3.40. The normalized spacial score (nSPS) is 14.3. The van der Waals surface area contributed by atoms with Crippen LogP contribution in [0.25, 0.3) is 0 Å². The van der Waals surface area contributed by atoms with Gasteiger partial charge in [0, 0.05) is 6.20 Å². The Balaban J connectivity index is 1.91. The smallest absolute Gasteiger partial charge is 0.324 e. The first-order valence-electron chi connectivity index (χ1n) is 6.43. The van der Waals surface area contributed by atoms with Crippen LogP contribution in [0.4, 0.5) is 0 Å². The molecule has 0 unspecified atom stereocenters. The molecule has 0 spiro atoms. The molecule has 0 amide bonds. The molecule has 4 nitrogen and oxygen atoms in total. The first-order valence-corrected chi connectivity index (χ1v) is 8.08. The van der Waals surface area contributed by atoms with Crippen molar-refractivity contribution in [2.45, 2.75) is 24.2 Å². The van der Waals surface area contributed by atoms with Crippen LogP contribution < -0.4 is 5.46 Å². The lowest BCUT2D eigenvalue weighted by Gasteiger charge is -2.06. The van der Waals surface area contributed by atoms with Gasteiger partial charge in [0.1, 0.15) is 0 Å². The van der Waals surface area contributed by atoms with Gasteiger partial charge in [-0.2, -0.15) is 0 Å². The SMILES string of the molecule is CB1OCc2ccc(CS(=O)(=O)c3ccccn3)cc21. The van der Waals surface area contributed by atoms with Crippen molar-refractivity contribution in [3.63, 3.8) is 0 Å². The second kappa shape index (κ2) is 5.03. The first kappa shape index (κ1) is 13.3. The van der Waals surface area contributed by atoms with E-state index in [0.29, 0.717) is 6.61 Å². The van der Waals surface area contributed by atoms with Crippen LogP contribution in [-0.4, -0.2) is 20.3 Å². The predicted octanol–water partition coefficient (Wildman–Crippen LogP) is 1.41. The highest BCUT2D eigenvalue weighted by Crippen LogP contribution is 2.17. The Kier molecular flexibility index (Phi) is 3.35. The van der Waals surface area contributed by atoms with E-state index in [9.17, 15) is 8.42 Å². The Morgan fingerprint density at radius 2 is 2.15 bits per heavy atom. The van der Waals surface area contributed by atoms with E-state index in [4.69, 9.17) is 4.65 Å². The summed E-state index contributed by atoms with van der Waals surface area (Å²) in [5.74, 6) is -0.0377. The number of aromatic nitrogens is 1. The third-order valence-corrected chi connectivity index (χ3v) is 5.04. The fourth-order valence-corrected chi connectivity index (χ4v) is 3.65. The zero-order valence-corrected chi connectivity index (χ0v) is 11.9. The van der Waals surface area contributed by atoms with E-state index >= 15 is 0 Å². The Morgan fingerprint density at radius 1 is 1.30 bits per heavy atom. The molecule has 0 saturated carbocycles.